The first-order valence-corrected chi connectivity index (χ1v) is 4.80. The molecule has 1 amide bonds. The van der Waals surface area contributed by atoms with Gasteiger partial charge in [0.25, 0.3) is 11.5 Å². The second kappa shape index (κ2) is 5.33. The number of hydrogen-bond acceptors (Lipinski definition) is 3. The summed E-state index contributed by atoms with van der Waals surface area (Å²) < 4.78 is 1.19. The van der Waals surface area contributed by atoms with E-state index in [1.54, 1.807) is 6.07 Å². The number of hydrogen-bond donors (Lipinski definition) is 2. The van der Waals surface area contributed by atoms with Crippen LogP contribution in [0.15, 0.2) is 46.2 Å². The van der Waals surface area contributed by atoms with Crippen molar-refractivity contribution in [2.45, 2.75) is 0 Å². The zero-order valence-electron chi connectivity index (χ0n) is 9.12. The number of nitrogens with zero attached hydrogens (tertiary/aromatic N) is 1. The van der Waals surface area contributed by atoms with Gasteiger partial charge in [-0.25, -0.2) is 0 Å². The van der Waals surface area contributed by atoms with Gasteiger partial charge >= 0.3 is 0 Å². The predicted molar refractivity (Wildman–Crippen MR) is 68.4 cm³/mol. The lowest BCUT2D eigenvalue weighted by Gasteiger charge is -2.05. The summed E-state index contributed by atoms with van der Waals surface area (Å²) in [5.74, 6) is -0.797. The Morgan fingerprint density at radius 3 is 2.61 bits per heavy atom. The monoisotopic (exact) mass is 267 g/mol. The van der Waals surface area contributed by atoms with E-state index < -0.39 is 11.5 Å². The van der Waals surface area contributed by atoms with Crippen LogP contribution < -0.4 is 16.9 Å². The van der Waals surface area contributed by atoms with Crippen molar-refractivity contribution in [1.82, 2.24) is 9.55 Å². The highest BCUT2D eigenvalue weighted by molar-refractivity contribution is 5.92. The van der Waals surface area contributed by atoms with Gasteiger partial charge in [0.2, 0.25) is 5.56 Å². The zero-order valence-corrected chi connectivity index (χ0v) is 9.94. The Balaban J connectivity index is 0.00000162. The molecule has 2 aromatic heterocycles. The van der Waals surface area contributed by atoms with Crippen molar-refractivity contribution < 1.29 is 4.79 Å². The van der Waals surface area contributed by atoms with Crippen molar-refractivity contribution in [2.24, 2.45) is 5.73 Å². The summed E-state index contributed by atoms with van der Waals surface area (Å²) in [6.45, 7) is 0. The molecule has 0 saturated heterocycles. The van der Waals surface area contributed by atoms with Crippen LogP contribution in [0, 0.1) is 0 Å². The minimum atomic E-state index is -0.797. The normalized spacial score (nSPS) is 9.56. The molecule has 0 aliphatic rings. The molecule has 0 aromatic carbocycles. The summed E-state index contributed by atoms with van der Waals surface area (Å²) >= 11 is 0. The van der Waals surface area contributed by atoms with Crippen LogP contribution in [0.1, 0.15) is 10.4 Å². The van der Waals surface area contributed by atoms with E-state index in [9.17, 15) is 14.4 Å². The average molecular weight is 268 g/mol. The van der Waals surface area contributed by atoms with E-state index in [0.717, 1.165) is 0 Å². The number of rotatable bonds is 2. The fourth-order valence-electron chi connectivity index (χ4n) is 1.47. The molecule has 2 rings (SSSR count). The molecular weight excluding hydrogens is 258 g/mol. The topological polar surface area (TPSA) is 97.9 Å². The Labute approximate surface area is 107 Å². The predicted octanol–water partition coefficient (Wildman–Crippen LogP) is 0.0465. The molecule has 0 aliphatic carbocycles. The minimum Gasteiger partial charge on any atom is -0.365 e. The van der Waals surface area contributed by atoms with Gasteiger partial charge in [0, 0.05) is 18.5 Å². The van der Waals surface area contributed by atoms with E-state index in [2.05, 4.69) is 4.98 Å². The molecule has 0 radical (unpaired) electrons. The van der Waals surface area contributed by atoms with Gasteiger partial charge < -0.3 is 10.7 Å². The van der Waals surface area contributed by atoms with Gasteiger partial charge in [0.05, 0.1) is 5.69 Å². The number of amides is 1. The molecular formula is C11H10ClN3O3. The lowest BCUT2D eigenvalue weighted by molar-refractivity contribution is 0.0998. The standard InChI is InChI=1S/C11H9N3O3.ClH/c12-10(16)8-2-1-5-14(11(8)17)7-3-4-13-9(15)6-7;/h1-6H,(H2,12,16)(H,13,15);1H. The Kier molecular flexibility index (Phi) is 4.06. The number of aromatic nitrogens is 2. The SMILES string of the molecule is Cl.NC(=O)c1cccn(-c2cc[nH]c(=O)c2)c1=O. The second-order valence-corrected chi connectivity index (χ2v) is 3.37. The Morgan fingerprint density at radius 1 is 1.28 bits per heavy atom. The number of carbonyl (C=O) groups excluding carboxylic acids is 1. The van der Waals surface area contributed by atoms with Crippen molar-refractivity contribution in [3.8, 4) is 5.69 Å². The number of nitrogens with two attached hydrogens (primary N) is 1. The smallest absolute Gasteiger partial charge is 0.267 e. The molecule has 0 spiro atoms. The Hall–Kier alpha value is -2.34. The summed E-state index contributed by atoms with van der Waals surface area (Å²) in [4.78, 5) is 36.5. The molecule has 94 valence electrons. The minimum absolute atomic E-state index is 0. The molecule has 6 nitrogen and oxygen atoms in total. The van der Waals surface area contributed by atoms with Gasteiger partial charge in [-0.1, -0.05) is 0 Å². The van der Waals surface area contributed by atoms with Gasteiger partial charge in [-0.2, -0.15) is 0 Å². The molecule has 18 heavy (non-hydrogen) atoms. The number of primary amides is 1. The van der Waals surface area contributed by atoms with Gasteiger partial charge in [-0.3, -0.25) is 19.0 Å². The molecule has 0 fully saturated rings. The van der Waals surface area contributed by atoms with E-state index in [1.807, 2.05) is 0 Å². The van der Waals surface area contributed by atoms with Gasteiger partial charge in [0.1, 0.15) is 5.56 Å². The Morgan fingerprint density at radius 2 is 2.00 bits per heavy atom. The molecule has 0 aliphatic heterocycles. The molecule has 2 heterocycles. The summed E-state index contributed by atoms with van der Waals surface area (Å²) in [6, 6.07) is 5.66. The van der Waals surface area contributed by atoms with Crippen LogP contribution in [-0.4, -0.2) is 15.5 Å². The van der Waals surface area contributed by atoms with Crippen LogP contribution in [0.4, 0.5) is 0 Å². The third kappa shape index (κ3) is 2.49. The maximum absolute atomic E-state index is 11.9. The number of pyridine rings is 2. The van der Waals surface area contributed by atoms with Crippen LogP contribution in [0.3, 0.4) is 0 Å². The fourth-order valence-corrected chi connectivity index (χ4v) is 1.47. The summed E-state index contributed by atoms with van der Waals surface area (Å²) in [7, 11) is 0. The van der Waals surface area contributed by atoms with Gasteiger partial charge in [0.15, 0.2) is 0 Å². The van der Waals surface area contributed by atoms with Crippen LogP contribution in [-0.2, 0) is 0 Å². The highest BCUT2D eigenvalue weighted by Gasteiger charge is 2.09. The Bertz CT molecular complexity index is 690. The molecule has 0 atom stereocenters. The first-order valence-electron chi connectivity index (χ1n) is 4.80. The maximum atomic E-state index is 11.9. The first kappa shape index (κ1) is 13.7. The highest BCUT2D eigenvalue weighted by atomic mass is 35.5. The van der Waals surface area contributed by atoms with E-state index in [0.29, 0.717) is 5.69 Å². The largest absolute Gasteiger partial charge is 0.365 e. The summed E-state index contributed by atoms with van der Waals surface area (Å²) in [5.41, 5.74) is 4.45. The number of halogens is 1. The zero-order chi connectivity index (χ0) is 12.4. The van der Waals surface area contributed by atoms with Crippen LogP contribution in [0.5, 0.6) is 0 Å². The summed E-state index contributed by atoms with van der Waals surface area (Å²) in [5, 5.41) is 0. The third-order valence-corrected chi connectivity index (χ3v) is 2.25. The van der Waals surface area contributed by atoms with E-state index in [-0.39, 0.29) is 23.5 Å². The number of aromatic amines is 1. The average Bonchev–Trinajstić information content (AvgIpc) is 2.29. The number of carbonyl (C=O) groups is 1. The molecule has 0 bridgehead atoms. The lowest BCUT2D eigenvalue weighted by Crippen LogP contribution is -2.28. The van der Waals surface area contributed by atoms with Crippen LogP contribution in [0.25, 0.3) is 5.69 Å². The van der Waals surface area contributed by atoms with E-state index >= 15 is 0 Å². The van der Waals surface area contributed by atoms with E-state index in [1.165, 1.54) is 35.2 Å². The van der Waals surface area contributed by atoms with Crippen molar-refractivity contribution in [3.05, 3.63) is 62.9 Å². The van der Waals surface area contributed by atoms with Crippen LogP contribution in [0.2, 0.25) is 0 Å². The van der Waals surface area contributed by atoms with E-state index in [4.69, 9.17) is 5.73 Å². The number of nitrogens with one attached hydrogen (secondary N) is 1. The fraction of sp³-hybridized carbons (Fsp3) is 0. The maximum Gasteiger partial charge on any atom is 0.267 e. The second-order valence-electron chi connectivity index (χ2n) is 3.37. The van der Waals surface area contributed by atoms with Crippen LogP contribution >= 0.6 is 12.4 Å². The molecule has 0 unspecified atom stereocenters. The molecule has 7 heteroatoms. The van der Waals surface area contributed by atoms with Crippen molar-refractivity contribution in [2.75, 3.05) is 0 Å². The quantitative estimate of drug-likeness (QED) is 0.804. The van der Waals surface area contributed by atoms with Crippen molar-refractivity contribution in [1.29, 1.82) is 0 Å². The molecule has 3 N–H and O–H groups in total. The first-order chi connectivity index (χ1) is 8.09. The third-order valence-electron chi connectivity index (χ3n) is 2.25. The highest BCUT2D eigenvalue weighted by Crippen LogP contribution is 2.00. The molecule has 0 saturated carbocycles. The molecule has 2 aromatic rings. The van der Waals surface area contributed by atoms with Gasteiger partial charge in [-0.15, -0.1) is 12.4 Å². The summed E-state index contributed by atoms with van der Waals surface area (Å²) in [6.07, 6.45) is 2.88. The van der Waals surface area contributed by atoms with Crippen molar-refractivity contribution >= 4 is 18.3 Å². The van der Waals surface area contributed by atoms with Gasteiger partial charge in [-0.05, 0) is 18.2 Å². The number of H-pyrrole nitrogens is 1. The van der Waals surface area contributed by atoms with Crippen molar-refractivity contribution in [3.63, 3.8) is 0 Å². The lowest BCUT2D eigenvalue weighted by atomic mass is 10.2.